The number of nitrogens with two attached hydrogens (primary N) is 1. The molecule has 1 aliphatic heterocycles. The molecule has 26 heavy (non-hydrogen) atoms. The van der Waals surface area contributed by atoms with Gasteiger partial charge in [0.15, 0.2) is 0 Å². The van der Waals surface area contributed by atoms with Crippen LogP contribution in [0.2, 0.25) is 0 Å². The number of sulfonamides is 1. The van der Waals surface area contributed by atoms with Crippen molar-refractivity contribution in [1.82, 2.24) is 9.62 Å². The Bertz CT molecular complexity index is 750. The number of hydrogen-bond acceptors (Lipinski definition) is 5. The molecule has 0 saturated carbocycles. The van der Waals surface area contributed by atoms with Gasteiger partial charge in [-0.1, -0.05) is 13.0 Å². The molecule has 1 heterocycles. The molecule has 10 heteroatoms. The van der Waals surface area contributed by atoms with Crippen LogP contribution >= 0.6 is 0 Å². The smallest absolute Gasteiger partial charge is 0.277 e. The van der Waals surface area contributed by atoms with E-state index in [1.807, 2.05) is 0 Å². The van der Waals surface area contributed by atoms with Crippen molar-refractivity contribution in [3.63, 3.8) is 0 Å². The summed E-state index contributed by atoms with van der Waals surface area (Å²) in [5.41, 5.74) is 5.49. The summed E-state index contributed by atoms with van der Waals surface area (Å²) >= 11 is 0. The zero-order chi connectivity index (χ0) is 19.4. The molecule has 0 radical (unpaired) electrons. The van der Waals surface area contributed by atoms with E-state index in [-0.39, 0.29) is 23.5 Å². The van der Waals surface area contributed by atoms with E-state index in [1.165, 1.54) is 22.5 Å². The van der Waals surface area contributed by atoms with Crippen LogP contribution in [0.3, 0.4) is 0 Å². The second kappa shape index (κ2) is 8.38. The molecule has 2 rings (SSSR count). The zero-order valence-corrected chi connectivity index (χ0v) is 15.3. The maximum Gasteiger partial charge on any atom is 0.277 e. The highest BCUT2D eigenvalue weighted by Gasteiger charge is 2.30. The number of benzene rings is 1. The van der Waals surface area contributed by atoms with E-state index in [9.17, 15) is 22.0 Å². The number of morpholine rings is 1. The van der Waals surface area contributed by atoms with Crippen LogP contribution in [0, 0.1) is 0 Å². The van der Waals surface area contributed by atoms with E-state index in [4.69, 9.17) is 10.5 Å². The van der Waals surface area contributed by atoms with E-state index in [0.717, 1.165) is 0 Å². The lowest BCUT2D eigenvalue weighted by Gasteiger charge is -2.27. The topological polar surface area (TPSA) is 102 Å². The molecule has 0 aromatic heterocycles. The van der Waals surface area contributed by atoms with Gasteiger partial charge in [0.05, 0.1) is 31.2 Å². The van der Waals surface area contributed by atoms with Gasteiger partial charge < -0.3 is 15.8 Å². The largest absolute Gasteiger partial charge is 0.379 e. The number of amides is 1. The van der Waals surface area contributed by atoms with Gasteiger partial charge in [0, 0.05) is 18.7 Å². The van der Waals surface area contributed by atoms with Crippen molar-refractivity contribution in [1.29, 1.82) is 0 Å². The molecular weight excluding hydrogens is 368 g/mol. The molecule has 1 amide bonds. The van der Waals surface area contributed by atoms with Crippen LogP contribution < -0.4 is 11.1 Å². The second-order valence-electron chi connectivity index (χ2n) is 5.94. The van der Waals surface area contributed by atoms with Crippen LogP contribution in [0.1, 0.15) is 22.8 Å². The molecular formula is C16H23F2N3O4S. The molecule has 0 spiro atoms. The SMILES string of the molecule is CCc1ccc(C(=O)NCC(F)(F)CN)cc1S(=O)(=O)N1CCOCC1. The average Bonchev–Trinajstić information content (AvgIpc) is 2.66. The van der Waals surface area contributed by atoms with Crippen LogP contribution in [-0.4, -0.2) is 63.9 Å². The van der Waals surface area contributed by atoms with E-state index >= 15 is 0 Å². The Morgan fingerprint density at radius 3 is 2.58 bits per heavy atom. The zero-order valence-electron chi connectivity index (χ0n) is 14.5. The summed E-state index contributed by atoms with van der Waals surface area (Å²) in [4.78, 5) is 12.2. The predicted octanol–water partition coefficient (Wildman–Crippen LogP) is 0.594. The van der Waals surface area contributed by atoms with E-state index in [2.05, 4.69) is 5.32 Å². The fourth-order valence-corrected chi connectivity index (χ4v) is 4.27. The first-order valence-electron chi connectivity index (χ1n) is 8.28. The summed E-state index contributed by atoms with van der Waals surface area (Å²) in [6, 6.07) is 4.19. The number of carbonyl (C=O) groups is 1. The molecule has 7 nitrogen and oxygen atoms in total. The van der Waals surface area contributed by atoms with Gasteiger partial charge in [0.2, 0.25) is 10.0 Å². The van der Waals surface area contributed by atoms with Crippen LogP contribution in [0.5, 0.6) is 0 Å². The second-order valence-corrected chi connectivity index (χ2v) is 7.84. The Hall–Kier alpha value is -1.62. The number of hydrogen-bond donors (Lipinski definition) is 2. The highest BCUT2D eigenvalue weighted by molar-refractivity contribution is 7.89. The number of alkyl halides is 2. The number of nitrogens with one attached hydrogen (secondary N) is 1. The monoisotopic (exact) mass is 391 g/mol. The van der Waals surface area contributed by atoms with E-state index in [0.29, 0.717) is 25.2 Å². The molecule has 1 saturated heterocycles. The molecule has 1 fully saturated rings. The van der Waals surface area contributed by atoms with Gasteiger partial charge in [-0.25, -0.2) is 17.2 Å². The van der Waals surface area contributed by atoms with Gasteiger partial charge >= 0.3 is 0 Å². The lowest BCUT2D eigenvalue weighted by Crippen LogP contribution is -2.42. The lowest BCUT2D eigenvalue weighted by atomic mass is 10.1. The summed E-state index contributed by atoms with van der Waals surface area (Å²) in [5, 5.41) is 2.09. The normalized spacial score (nSPS) is 16.5. The fourth-order valence-electron chi connectivity index (χ4n) is 2.54. The summed E-state index contributed by atoms with van der Waals surface area (Å²) in [6.45, 7) is 1.05. The van der Waals surface area contributed by atoms with Crippen LogP contribution in [0.25, 0.3) is 0 Å². The average molecular weight is 391 g/mol. The number of nitrogens with zero attached hydrogens (tertiary/aromatic N) is 1. The van der Waals surface area contributed by atoms with Gasteiger partial charge in [-0.15, -0.1) is 0 Å². The summed E-state index contributed by atoms with van der Waals surface area (Å²) in [7, 11) is -3.80. The van der Waals surface area contributed by atoms with E-state index in [1.54, 1.807) is 6.92 Å². The number of ether oxygens (including phenoxy) is 1. The first-order chi connectivity index (χ1) is 12.2. The number of aryl methyl sites for hydroxylation is 1. The molecule has 1 aromatic rings. The van der Waals surface area contributed by atoms with Gasteiger partial charge in [-0.2, -0.15) is 4.31 Å². The Morgan fingerprint density at radius 1 is 1.35 bits per heavy atom. The Kier molecular flexibility index (Phi) is 6.67. The predicted molar refractivity (Wildman–Crippen MR) is 91.7 cm³/mol. The molecule has 0 bridgehead atoms. The Labute approximate surface area is 151 Å². The third-order valence-corrected chi connectivity index (χ3v) is 6.09. The van der Waals surface area contributed by atoms with Gasteiger partial charge in [-0.05, 0) is 24.1 Å². The molecule has 1 aliphatic rings. The minimum Gasteiger partial charge on any atom is -0.379 e. The Balaban J connectivity index is 2.29. The standard InChI is InChI=1S/C16H23F2N3O4S/c1-2-12-3-4-13(15(22)20-11-16(17,18)10-19)9-14(12)26(23,24)21-5-7-25-8-6-21/h3-4,9H,2,5-8,10-11,19H2,1H3,(H,20,22). The first kappa shape index (κ1) is 20.7. The quantitative estimate of drug-likeness (QED) is 0.709. The molecule has 0 aliphatic carbocycles. The first-order valence-corrected chi connectivity index (χ1v) is 9.72. The van der Waals surface area contributed by atoms with Gasteiger partial charge in [0.25, 0.3) is 11.8 Å². The van der Waals surface area contributed by atoms with Crippen LogP contribution in [-0.2, 0) is 21.2 Å². The third kappa shape index (κ3) is 4.76. The van der Waals surface area contributed by atoms with Crippen molar-refractivity contribution in [2.45, 2.75) is 24.2 Å². The lowest BCUT2D eigenvalue weighted by molar-refractivity contribution is 0.0118. The number of carbonyl (C=O) groups excluding carboxylic acids is 1. The summed E-state index contributed by atoms with van der Waals surface area (Å²) in [6.07, 6.45) is 0.450. The molecule has 0 atom stereocenters. The highest BCUT2D eigenvalue weighted by atomic mass is 32.2. The fraction of sp³-hybridized carbons (Fsp3) is 0.562. The highest BCUT2D eigenvalue weighted by Crippen LogP contribution is 2.23. The van der Waals surface area contributed by atoms with Crippen LogP contribution in [0.4, 0.5) is 8.78 Å². The van der Waals surface area contributed by atoms with Gasteiger partial charge in [0.1, 0.15) is 0 Å². The van der Waals surface area contributed by atoms with Crippen molar-refractivity contribution in [2.24, 2.45) is 5.73 Å². The molecule has 3 N–H and O–H groups in total. The van der Waals surface area contributed by atoms with Crippen molar-refractivity contribution in [3.05, 3.63) is 29.3 Å². The number of rotatable bonds is 7. The maximum absolute atomic E-state index is 13.2. The van der Waals surface area contributed by atoms with Gasteiger partial charge in [-0.3, -0.25) is 4.79 Å². The molecule has 146 valence electrons. The minimum absolute atomic E-state index is 0.00172. The number of halogens is 2. The van der Waals surface area contributed by atoms with Crippen LogP contribution in [0.15, 0.2) is 23.1 Å². The Morgan fingerprint density at radius 2 is 2.00 bits per heavy atom. The van der Waals surface area contributed by atoms with Crippen molar-refractivity contribution in [2.75, 3.05) is 39.4 Å². The van der Waals surface area contributed by atoms with Crippen molar-refractivity contribution < 1.29 is 26.7 Å². The van der Waals surface area contributed by atoms with Crippen molar-refractivity contribution in [3.8, 4) is 0 Å². The molecule has 0 unspecified atom stereocenters. The van der Waals surface area contributed by atoms with E-state index < -0.39 is 34.9 Å². The molecule has 1 aromatic carbocycles. The summed E-state index contributed by atoms with van der Waals surface area (Å²) in [5.74, 6) is -4.00. The van der Waals surface area contributed by atoms with Crippen molar-refractivity contribution >= 4 is 15.9 Å². The summed E-state index contributed by atoms with van der Waals surface area (Å²) < 4.78 is 58.7. The third-order valence-electron chi connectivity index (χ3n) is 4.10. The maximum atomic E-state index is 13.2. The minimum atomic E-state index is -3.80.